The van der Waals surface area contributed by atoms with Crippen molar-refractivity contribution in [3.8, 4) is 0 Å². The number of rotatable bonds is 5. The highest BCUT2D eigenvalue weighted by Gasteiger charge is 2.17. The highest BCUT2D eigenvalue weighted by molar-refractivity contribution is 5.99. The predicted octanol–water partition coefficient (Wildman–Crippen LogP) is 1.94. The molecule has 2 rings (SSSR count). The van der Waals surface area contributed by atoms with Crippen LogP contribution in [0, 0.1) is 0 Å². The summed E-state index contributed by atoms with van der Waals surface area (Å²) in [6.07, 6.45) is 2.56. The van der Waals surface area contributed by atoms with E-state index in [-0.39, 0.29) is 11.9 Å². The molecule has 1 saturated heterocycles. The second-order valence-electron chi connectivity index (χ2n) is 5.18. The molecule has 1 heterocycles. The number of hydrogen-bond donors (Lipinski definition) is 2. The van der Waals surface area contributed by atoms with Gasteiger partial charge in [-0.1, -0.05) is 12.1 Å². The minimum absolute atomic E-state index is 0.00310. The topological polar surface area (TPSA) is 44.4 Å². The van der Waals surface area contributed by atoms with Gasteiger partial charge in [-0.15, -0.1) is 0 Å². The number of likely N-dealkylation sites (tertiary alicyclic amines) is 1. The van der Waals surface area contributed by atoms with Crippen LogP contribution in [0.4, 0.5) is 5.69 Å². The summed E-state index contributed by atoms with van der Waals surface area (Å²) in [5.41, 5.74) is 1.58. The third kappa shape index (κ3) is 3.70. The van der Waals surface area contributed by atoms with E-state index in [0.29, 0.717) is 5.56 Å². The first-order valence-corrected chi connectivity index (χ1v) is 7.00. The fourth-order valence-electron chi connectivity index (χ4n) is 2.60. The lowest BCUT2D eigenvalue weighted by molar-refractivity contribution is 0.0933. The Morgan fingerprint density at radius 1 is 1.32 bits per heavy atom. The van der Waals surface area contributed by atoms with Crippen LogP contribution in [0.1, 0.15) is 30.1 Å². The van der Waals surface area contributed by atoms with Crippen LogP contribution >= 0.6 is 0 Å². The number of nitrogens with zero attached hydrogens (tertiary/aromatic N) is 1. The molecule has 4 heteroatoms. The Morgan fingerprint density at radius 2 is 2.00 bits per heavy atom. The molecular formula is C15H23N3O. The molecule has 1 aliphatic rings. The number of anilines is 1. The molecule has 2 N–H and O–H groups in total. The van der Waals surface area contributed by atoms with Gasteiger partial charge in [-0.05, 0) is 45.0 Å². The minimum atomic E-state index is -0.00310. The third-order valence-electron chi connectivity index (χ3n) is 3.55. The van der Waals surface area contributed by atoms with Crippen LogP contribution in [-0.2, 0) is 0 Å². The van der Waals surface area contributed by atoms with Crippen LogP contribution in [0.5, 0.6) is 0 Å². The monoisotopic (exact) mass is 261 g/mol. The maximum absolute atomic E-state index is 12.2. The Hall–Kier alpha value is -1.55. The first-order chi connectivity index (χ1) is 9.20. The maximum atomic E-state index is 12.2. The summed E-state index contributed by atoms with van der Waals surface area (Å²) in [5.74, 6) is -0.00310. The number of amides is 1. The van der Waals surface area contributed by atoms with Gasteiger partial charge in [0.15, 0.2) is 0 Å². The van der Waals surface area contributed by atoms with Crippen LogP contribution in [0.15, 0.2) is 24.3 Å². The summed E-state index contributed by atoms with van der Waals surface area (Å²) in [6, 6.07) is 7.76. The van der Waals surface area contributed by atoms with Crippen molar-refractivity contribution >= 4 is 11.6 Å². The smallest absolute Gasteiger partial charge is 0.253 e. The Labute approximate surface area is 115 Å². The molecule has 19 heavy (non-hydrogen) atoms. The molecule has 0 spiro atoms. The molecule has 1 atom stereocenters. The molecule has 1 amide bonds. The lowest BCUT2D eigenvalue weighted by Gasteiger charge is -2.21. The van der Waals surface area contributed by atoms with E-state index in [2.05, 4.69) is 22.5 Å². The van der Waals surface area contributed by atoms with E-state index < -0.39 is 0 Å². The Balaban J connectivity index is 1.92. The Morgan fingerprint density at radius 3 is 2.68 bits per heavy atom. The van der Waals surface area contributed by atoms with Gasteiger partial charge < -0.3 is 15.5 Å². The van der Waals surface area contributed by atoms with E-state index in [1.807, 2.05) is 31.3 Å². The molecule has 0 aliphatic carbocycles. The highest BCUT2D eigenvalue weighted by atomic mass is 16.1. The number of carbonyl (C=O) groups excluding carboxylic acids is 1. The van der Waals surface area contributed by atoms with Crippen molar-refractivity contribution in [3.05, 3.63) is 29.8 Å². The Kier molecular flexibility index (Phi) is 4.80. The summed E-state index contributed by atoms with van der Waals surface area (Å²) < 4.78 is 0. The van der Waals surface area contributed by atoms with Gasteiger partial charge in [0.25, 0.3) is 5.91 Å². The van der Waals surface area contributed by atoms with E-state index in [0.717, 1.165) is 25.3 Å². The van der Waals surface area contributed by atoms with E-state index in [1.54, 1.807) is 0 Å². The molecule has 0 aromatic heterocycles. The molecule has 1 fully saturated rings. The van der Waals surface area contributed by atoms with Gasteiger partial charge in [0.05, 0.1) is 5.56 Å². The molecule has 1 aliphatic heterocycles. The van der Waals surface area contributed by atoms with E-state index in [4.69, 9.17) is 0 Å². The zero-order chi connectivity index (χ0) is 13.7. The standard InChI is InChI=1S/C15H23N3O/c1-12(11-18-9-5-6-10-18)17-15(19)13-7-3-4-8-14(13)16-2/h3-4,7-8,12,16H,5-6,9-11H2,1-2H3,(H,17,19). The SMILES string of the molecule is CNc1ccccc1C(=O)NC(C)CN1CCCC1. The lowest BCUT2D eigenvalue weighted by atomic mass is 10.1. The number of hydrogen-bond acceptors (Lipinski definition) is 3. The number of carbonyl (C=O) groups is 1. The second kappa shape index (κ2) is 6.57. The van der Waals surface area contributed by atoms with Crippen LogP contribution in [0.3, 0.4) is 0 Å². The van der Waals surface area contributed by atoms with Crippen molar-refractivity contribution in [1.82, 2.24) is 10.2 Å². The molecule has 1 aromatic rings. The molecule has 0 saturated carbocycles. The van der Waals surface area contributed by atoms with Crippen molar-refractivity contribution in [2.45, 2.75) is 25.8 Å². The zero-order valence-corrected chi connectivity index (χ0v) is 11.8. The average Bonchev–Trinajstić information content (AvgIpc) is 2.91. The van der Waals surface area contributed by atoms with Crippen LogP contribution < -0.4 is 10.6 Å². The third-order valence-corrected chi connectivity index (χ3v) is 3.55. The van der Waals surface area contributed by atoms with Gasteiger partial charge in [0.1, 0.15) is 0 Å². The van der Waals surface area contributed by atoms with Gasteiger partial charge in [-0.2, -0.15) is 0 Å². The van der Waals surface area contributed by atoms with Gasteiger partial charge in [-0.3, -0.25) is 4.79 Å². The summed E-state index contributed by atoms with van der Waals surface area (Å²) in [6.45, 7) is 5.33. The first-order valence-electron chi connectivity index (χ1n) is 7.00. The molecule has 0 bridgehead atoms. The highest BCUT2D eigenvalue weighted by Crippen LogP contribution is 2.14. The summed E-state index contributed by atoms with van der Waals surface area (Å²) in [5, 5.41) is 6.13. The van der Waals surface area contributed by atoms with Gasteiger partial charge in [0.2, 0.25) is 0 Å². The predicted molar refractivity (Wildman–Crippen MR) is 78.6 cm³/mol. The average molecular weight is 261 g/mol. The van der Waals surface area contributed by atoms with E-state index >= 15 is 0 Å². The van der Waals surface area contributed by atoms with Crippen LogP contribution in [0.2, 0.25) is 0 Å². The molecule has 104 valence electrons. The largest absolute Gasteiger partial charge is 0.387 e. The molecule has 1 aromatic carbocycles. The molecular weight excluding hydrogens is 238 g/mol. The fourth-order valence-corrected chi connectivity index (χ4v) is 2.60. The lowest BCUT2D eigenvalue weighted by Crippen LogP contribution is -2.41. The van der Waals surface area contributed by atoms with E-state index in [1.165, 1.54) is 12.8 Å². The quantitative estimate of drug-likeness (QED) is 0.851. The number of benzene rings is 1. The van der Waals surface area contributed by atoms with Gasteiger partial charge >= 0.3 is 0 Å². The summed E-state index contributed by atoms with van der Waals surface area (Å²) >= 11 is 0. The molecule has 0 radical (unpaired) electrons. The maximum Gasteiger partial charge on any atom is 0.253 e. The van der Waals surface area contributed by atoms with Crippen LogP contribution in [0.25, 0.3) is 0 Å². The number of para-hydroxylation sites is 1. The second-order valence-corrected chi connectivity index (χ2v) is 5.18. The van der Waals surface area contributed by atoms with Gasteiger partial charge in [0, 0.05) is 25.3 Å². The van der Waals surface area contributed by atoms with E-state index in [9.17, 15) is 4.79 Å². The molecule has 1 unspecified atom stereocenters. The normalized spacial score (nSPS) is 17.2. The Bertz CT molecular complexity index is 427. The first kappa shape index (κ1) is 13.9. The fraction of sp³-hybridized carbons (Fsp3) is 0.533. The van der Waals surface area contributed by atoms with Crippen molar-refractivity contribution < 1.29 is 4.79 Å². The van der Waals surface area contributed by atoms with Gasteiger partial charge in [-0.25, -0.2) is 0 Å². The van der Waals surface area contributed by atoms with Crippen molar-refractivity contribution in [1.29, 1.82) is 0 Å². The zero-order valence-electron chi connectivity index (χ0n) is 11.8. The number of nitrogens with one attached hydrogen (secondary N) is 2. The summed E-state index contributed by atoms with van der Waals surface area (Å²) in [4.78, 5) is 14.7. The van der Waals surface area contributed by atoms with Crippen LogP contribution in [-0.4, -0.2) is 43.5 Å². The minimum Gasteiger partial charge on any atom is -0.387 e. The summed E-state index contributed by atoms with van der Waals surface area (Å²) in [7, 11) is 1.83. The van der Waals surface area contributed by atoms with Crippen molar-refractivity contribution in [2.24, 2.45) is 0 Å². The van der Waals surface area contributed by atoms with Crippen molar-refractivity contribution in [2.75, 3.05) is 32.0 Å². The van der Waals surface area contributed by atoms with Crippen molar-refractivity contribution in [3.63, 3.8) is 0 Å². The molecule has 4 nitrogen and oxygen atoms in total.